The summed E-state index contributed by atoms with van der Waals surface area (Å²) in [5.74, 6) is 0.584. The van der Waals surface area contributed by atoms with E-state index in [1.54, 1.807) is 6.20 Å². The molecule has 1 fully saturated rings. The number of aryl methyl sites for hydroxylation is 2. The summed E-state index contributed by atoms with van der Waals surface area (Å²) in [6.07, 6.45) is 5.15. The molecule has 26 heavy (non-hydrogen) atoms. The van der Waals surface area contributed by atoms with Crippen LogP contribution in [0.3, 0.4) is 0 Å². The molecule has 2 heterocycles. The van der Waals surface area contributed by atoms with Gasteiger partial charge in [-0.05, 0) is 38.8 Å². The number of fused-ring (bicyclic) bond motifs is 1. The monoisotopic (exact) mass is 355 g/mol. The van der Waals surface area contributed by atoms with Crippen LogP contribution in [0.15, 0.2) is 18.3 Å². The Kier molecular flexibility index (Phi) is 4.34. The Hall–Kier alpha value is -2.50. The second-order valence-electron chi connectivity index (χ2n) is 7.20. The third-order valence-corrected chi connectivity index (χ3v) is 5.17. The first kappa shape index (κ1) is 16.9. The van der Waals surface area contributed by atoms with E-state index in [4.69, 9.17) is 4.74 Å². The molecule has 136 valence electrons. The van der Waals surface area contributed by atoms with Gasteiger partial charge in [-0.1, -0.05) is 6.42 Å². The largest absolute Gasteiger partial charge is 0.487 e. The van der Waals surface area contributed by atoms with Crippen LogP contribution in [0.25, 0.3) is 11.3 Å². The maximum atomic E-state index is 14.2. The first-order chi connectivity index (χ1) is 12.5. The van der Waals surface area contributed by atoms with Crippen molar-refractivity contribution in [3.05, 3.63) is 41.1 Å². The Bertz CT molecular complexity index is 864. The number of carbonyl (C=O) groups excluding carboxylic acids is 1. The second kappa shape index (κ2) is 6.67. The van der Waals surface area contributed by atoms with E-state index in [0.717, 1.165) is 36.2 Å². The zero-order chi connectivity index (χ0) is 18.3. The molecule has 1 N–H and O–H groups in total. The van der Waals surface area contributed by atoms with Crippen LogP contribution >= 0.6 is 0 Å². The van der Waals surface area contributed by atoms with E-state index in [1.165, 1.54) is 12.1 Å². The third-order valence-electron chi connectivity index (χ3n) is 5.17. The summed E-state index contributed by atoms with van der Waals surface area (Å²) in [5.41, 5.74) is 3.58. The lowest BCUT2D eigenvalue weighted by Gasteiger charge is -2.24. The van der Waals surface area contributed by atoms with Crippen molar-refractivity contribution < 1.29 is 13.9 Å². The van der Waals surface area contributed by atoms with Gasteiger partial charge in [0.1, 0.15) is 17.7 Å². The summed E-state index contributed by atoms with van der Waals surface area (Å²) in [4.78, 5) is 20.9. The summed E-state index contributed by atoms with van der Waals surface area (Å²) >= 11 is 0. The maximum absolute atomic E-state index is 14.2. The molecule has 1 aromatic heterocycles. The highest BCUT2D eigenvalue weighted by Gasteiger charge is 2.30. The smallest absolute Gasteiger partial charge is 0.223 e. The third kappa shape index (κ3) is 3.16. The number of carbonyl (C=O) groups is 1. The average molecular weight is 355 g/mol. The van der Waals surface area contributed by atoms with Crippen molar-refractivity contribution in [3.8, 4) is 17.0 Å². The first-order valence-electron chi connectivity index (χ1n) is 9.08. The molecule has 4 rings (SSSR count). The molecule has 1 amide bonds. The van der Waals surface area contributed by atoms with Gasteiger partial charge in [-0.2, -0.15) is 0 Å². The summed E-state index contributed by atoms with van der Waals surface area (Å²) in [6, 6.07) is 2.95. The van der Waals surface area contributed by atoms with E-state index in [0.29, 0.717) is 30.0 Å². The molecule has 1 atom stereocenters. The molecule has 5 nitrogen and oxygen atoms in total. The Balaban J connectivity index is 1.56. The van der Waals surface area contributed by atoms with E-state index in [1.807, 2.05) is 13.8 Å². The Labute approximate surface area is 152 Å². The quantitative estimate of drug-likeness (QED) is 0.915. The molecule has 2 aliphatic rings. The minimum atomic E-state index is -0.316. The molecule has 0 unspecified atom stereocenters. The van der Waals surface area contributed by atoms with E-state index in [-0.39, 0.29) is 23.7 Å². The lowest BCUT2D eigenvalue weighted by molar-refractivity contribution is -0.127. The predicted molar refractivity (Wildman–Crippen MR) is 95.4 cm³/mol. The molecule has 1 saturated carbocycles. The number of amides is 1. The highest BCUT2D eigenvalue weighted by atomic mass is 19.1. The Morgan fingerprint density at radius 3 is 2.88 bits per heavy atom. The Morgan fingerprint density at radius 2 is 2.15 bits per heavy atom. The number of hydrogen-bond acceptors (Lipinski definition) is 4. The second-order valence-corrected chi connectivity index (χ2v) is 7.20. The van der Waals surface area contributed by atoms with Crippen LogP contribution in [0.4, 0.5) is 4.39 Å². The van der Waals surface area contributed by atoms with Crippen LogP contribution in [0.1, 0.15) is 36.2 Å². The Morgan fingerprint density at radius 1 is 1.35 bits per heavy atom. The van der Waals surface area contributed by atoms with Crippen molar-refractivity contribution in [2.45, 2.75) is 45.6 Å². The van der Waals surface area contributed by atoms with Gasteiger partial charge in [-0.3, -0.25) is 9.78 Å². The standard InChI is InChI=1S/C20H22FN3O2/c1-11-9-22-12(2)18(24-11)17-8-15(21)6-14-7-16(26-19(14)17)10-23-20(25)13-4-3-5-13/h6,8-9,13,16H,3-5,7,10H2,1-2H3,(H,23,25)/t16-/m1/s1. The lowest BCUT2D eigenvalue weighted by atomic mass is 9.85. The molecule has 1 aliphatic heterocycles. The van der Waals surface area contributed by atoms with Gasteiger partial charge in [0.05, 0.1) is 23.6 Å². The minimum absolute atomic E-state index is 0.0996. The number of benzene rings is 1. The number of aromatic nitrogens is 2. The molecule has 0 spiro atoms. The number of nitrogens with zero attached hydrogens (tertiary/aromatic N) is 2. The van der Waals surface area contributed by atoms with Crippen LogP contribution in [-0.4, -0.2) is 28.5 Å². The van der Waals surface area contributed by atoms with Gasteiger partial charge in [-0.25, -0.2) is 9.37 Å². The molecule has 0 radical (unpaired) electrons. The normalized spacial score (nSPS) is 18.8. The van der Waals surface area contributed by atoms with Crippen molar-refractivity contribution in [2.24, 2.45) is 5.92 Å². The zero-order valence-electron chi connectivity index (χ0n) is 15.0. The van der Waals surface area contributed by atoms with Crippen LogP contribution in [0, 0.1) is 25.6 Å². The van der Waals surface area contributed by atoms with Crippen LogP contribution in [0.2, 0.25) is 0 Å². The number of rotatable bonds is 4. The first-order valence-corrected chi connectivity index (χ1v) is 9.08. The average Bonchev–Trinajstić information content (AvgIpc) is 2.95. The van der Waals surface area contributed by atoms with Crippen molar-refractivity contribution >= 4 is 5.91 Å². The lowest BCUT2D eigenvalue weighted by Crippen LogP contribution is -2.40. The van der Waals surface area contributed by atoms with Gasteiger partial charge in [-0.15, -0.1) is 0 Å². The van der Waals surface area contributed by atoms with E-state index in [2.05, 4.69) is 15.3 Å². The predicted octanol–water partition coefficient (Wildman–Crippen LogP) is 3.12. The molecule has 0 bridgehead atoms. The molecule has 1 aromatic carbocycles. The van der Waals surface area contributed by atoms with E-state index in [9.17, 15) is 9.18 Å². The molecule has 0 saturated heterocycles. The number of hydrogen-bond donors (Lipinski definition) is 1. The van der Waals surface area contributed by atoms with Crippen LogP contribution < -0.4 is 10.1 Å². The van der Waals surface area contributed by atoms with Gasteiger partial charge in [0.2, 0.25) is 5.91 Å². The van der Waals surface area contributed by atoms with Crippen molar-refractivity contribution in [3.63, 3.8) is 0 Å². The fourth-order valence-electron chi connectivity index (χ4n) is 3.51. The van der Waals surface area contributed by atoms with Gasteiger partial charge in [0, 0.05) is 29.7 Å². The van der Waals surface area contributed by atoms with Crippen molar-refractivity contribution in [2.75, 3.05) is 6.54 Å². The minimum Gasteiger partial charge on any atom is -0.487 e. The summed E-state index contributed by atoms with van der Waals surface area (Å²) in [5, 5.41) is 2.97. The fraction of sp³-hybridized carbons (Fsp3) is 0.450. The zero-order valence-corrected chi connectivity index (χ0v) is 15.0. The van der Waals surface area contributed by atoms with Gasteiger partial charge in [0.15, 0.2) is 0 Å². The molecule has 1 aliphatic carbocycles. The number of halogens is 1. The van der Waals surface area contributed by atoms with Crippen molar-refractivity contribution in [1.82, 2.24) is 15.3 Å². The van der Waals surface area contributed by atoms with Crippen molar-refractivity contribution in [1.29, 1.82) is 0 Å². The molecular formula is C20H22FN3O2. The van der Waals surface area contributed by atoms with Gasteiger partial charge in [0.25, 0.3) is 0 Å². The van der Waals surface area contributed by atoms with Gasteiger partial charge < -0.3 is 10.1 Å². The highest BCUT2D eigenvalue weighted by molar-refractivity contribution is 5.79. The highest BCUT2D eigenvalue weighted by Crippen LogP contribution is 2.39. The maximum Gasteiger partial charge on any atom is 0.223 e. The number of nitrogens with one attached hydrogen (secondary N) is 1. The van der Waals surface area contributed by atoms with E-state index < -0.39 is 0 Å². The summed E-state index contributed by atoms with van der Waals surface area (Å²) < 4.78 is 20.2. The molecule has 2 aromatic rings. The summed E-state index contributed by atoms with van der Waals surface area (Å²) in [6.45, 7) is 4.14. The van der Waals surface area contributed by atoms with Gasteiger partial charge >= 0.3 is 0 Å². The van der Waals surface area contributed by atoms with Crippen LogP contribution in [-0.2, 0) is 11.2 Å². The molecule has 6 heteroatoms. The fourth-order valence-corrected chi connectivity index (χ4v) is 3.51. The summed E-state index contributed by atoms with van der Waals surface area (Å²) in [7, 11) is 0. The molecular weight excluding hydrogens is 333 g/mol. The topological polar surface area (TPSA) is 64.1 Å². The van der Waals surface area contributed by atoms with E-state index >= 15 is 0 Å². The SMILES string of the molecule is Cc1cnc(C)c(-c2cc(F)cc3c2O[C@@H](CNC(=O)C2CCC2)C3)n1. The van der Waals surface area contributed by atoms with Crippen LogP contribution in [0.5, 0.6) is 5.75 Å². The number of ether oxygens (including phenoxy) is 1.